The van der Waals surface area contributed by atoms with Crippen LogP contribution in [0.2, 0.25) is 0 Å². The van der Waals surface area contributed by atoms with E-state index in [-0.39, 0.29) is 34.7 Å². The van der Waals surface area contributed by atoms with Crippen molar-refractivity contribution in [1.29, 1.82) is 0 Å². The first-order valence-electron chi connectivity index (χ1n) is 13.8. The summed E-state index contributed by atoms with van der Waals surface area (Å²) in [6.07, 6.45) is 5.40. The number of imidazole rings is 1. The number of halogens is 4. The fourth-order valence-corrected chi connectivity index (χ4v) is 5.20. The molecule has 3 amide bonds. The Morgan fingerprint density at radius 2 is 1.76 bits per heavy atom. The Hall–Kier alpha value is -4.23. The van der Waals surface area contributed by atoms with Crippen LogP contribution in [0.25, 0.3) is 0 Å². The van der Waals surface area contributed by atoms with Crippen molar-refractivity contribution in [3.63, 3.8) is 0 Å². The molecule has 1 atom stereocenters. The van der Waals surface area contributed by atoms with E-state index in [4.69, 9.17) is 0 Å². The molecule has 2 aliphatic rings. The highest BCUT2D eigenvalue weighted by Gasteiger charge is 2.48. The highest BCUT2D eigenvalue weighted by Crippen LogP contribution is 2.51. The fourth-order valence-electron chi connectivity index (χ4n) is 5.20. The minimum absolute atomic E-state index is 0.101. The number of aromatic nitrogens is 4. The predicted octanol–water partition coefficient (Wildman–Crippen LogP) is 3.31. The van der Waals surface area contributed by atoms with Crippen molar-refractivity contribution in [3.05, 3.63) is 66.3 Å². The van der Waals surface area contributed by atoms with E-state index in [2.05, 4.69) is 20.7 Å². The number of rotatable bonds is 13. The van der Waals surface area contributed by atoms with Gasteiger partial charge in [0.05, 0.1) is 25.0 Å². The lowest BCUT2D eigenvalue weighted by Gasteiger charge is -2.27. The number of nitrogens with one attached hydrogen (secondary N) is 3. The molecule has 2 saturated carbocycles. The van der Waals surface area contributed by atoms with Crippen LogP contribution in [-0.4, -0.2) is 55.8 Å². The SMILES string of the molecule is O=C(Cc1ccc(NC(=O)C(NC(=O)c2ccnn2CCn2ccnc2)C(C2CC2)C2CC2)c(F)c1)NCC(F)(F)F. The quantitative estimate of drug-likeness (QED) is 0.264. The molecule has 14 heteroatoms. The third-order valence-corrected chi connectivity index (χ3v) is 7.51. The molecule has 0 saturated heterocycles. The van der Waals surface area contributed by atoms with Gasteiger partial charge in [0.1, 0.15) is 24.1 Å². The van der Waals surface area contributed by atoms with Crippen LogP contribution in [-0.2, 0) is 29.1 Å². The van der Waals surface area contributed by atoms with E-state index < -0.39 is 48.7 Å². The van der Waals surface area contributed by atoms with Crippen molar-refractivity contribution >= 4 is 23.4 Å². The van der Waals surface area contributed by atoms with Gasteiger partial charge in [0, 0.05) is 25.1 Å². The number of anilines is 1. The molecule has 2 aromatic heterocycles. The Balaban J connectivity index is 1.27. The summed E-state index contributed by atoms with van der Waals surface area (Å²) in [5.74, 6) is -2.33. The zero-order valence-electron chi connectivity index (χ0n) is 22.6. The number of benzene rings is 1. The first kappa shape index (κ1) is 29.3. The van der Waals surface area contributed by atoms with Crippen LogP contribution in [0.3, 0.4) is 0 Å². The third kappa shape index (κ3) is 7.74. The first-order chi connectivity index (χ1) is 20.1. The van der Waals surface area contributed by atoms with E-state index in [1.807, 2.05) is 4.57 Å². The number of hydrogen-bond donors (Lipinski definition) is 3. The normalized spacial score (nSPS) is 15.8. The van der Waals surface area contributed by atoms with E-state index in [0.717, 1.165) is 31.7 Å². The average molecular weight is 590 g/mol. The molecule has 0 spiro atoms. The Morgan fingerprint density at radius 3 is 2.38 bits per heavy atom. The fraction of sp³-hybridized carbons (Fsp3) is 0.464. The van der Waals surface area contributed by atoms with Crippen molar-refractivity contribution in [2.24, 2.45) is 17.8 Å². The summed E-state index contributed by atoms with van der Waals surface area (Å²) < 4.78 is 55.4. The molecule has 42 heavy (non-hydrogen) atoms. The van der Waals surface area contributed by atoms with Crippen molar-refractivity contribution < 1.29 is 31.9 Å². The number of hydrogen-bond acceptors (Lipinski definition) is 5. The molecular weight excluding hydrogens is 558 g/mol. The van der Waals surface area contributed by atoms with Gasteiger partial charge in [0.25, 0.3) is 5.91 Å². The molecule has 0 bridgehead atoms. The first-order valence-corrected chi connectivity index (χ1v) is 13.8. The van der Waals surface area contributed by atoms with E-state index >= 15 is 0 Å². The van der Waals surface area contributed by atoms with Crippen LogP contribution in [0.1, 0.15) is 41.7 Å². The van der Waals surface area contributed by atoms with Gasteiger partial charge in [-0.1, -0.05) is 6.07 Å². The second kappa shape index (κ2) is 12.3. The summed E-state index contributed by atoms with van der Waals surface area (Å²) in [4.78, 5) is 42.8. The van der Waals surface area contributed by atoms with Crippen molar-refractivity contribution in [3.8, 4) is 0 Å². The van der Waals surface area contributed by atoms with E-state index in [0.29, 0.717) is 13.1 Å². The number of alkyl halides is 3. The summed E-state index contributed by atoms with van der Waals surface area (Å²) in [6, 6.07) is 4.27. The van der Waals surface area contributed by atoms with Gasteiger partial charge in [-0.2, -0.15) is 18.3 Å². The molecule has 2 heterocycles. The van der Waals surface area contributed by atoms with Crippen LogP contribution in [0.15, 0.2) is 49.2 Å². The largest absolute Gasteiger partial charge is 0.405 e. The van der Waals surface area contributed by atoms with Gasteiger partial charge >= 0.3 is 6.18 Å². The average Bonchev–Trinajstić information content (AvgIpc) is 3.85. The van der Waals surface area contributed by atoms with Crippen molar-refractivity contribution in [2.45, 2.75) is 57.4 Å². The van der Waals surface area contributed by atoms with E-state index in [9.17, 15) is 31.9 Å². The van der Waals surface area contributed by atoms with E-state index in [1.165, 1.54) is 18.3 Å². The van der Waals surface area contributed by atoms with Crippen LogP contribution in [0, 0.1) is 23.6 Å². The van der Waals surface area contributed by atoms with Gasteiger partial charge in [-0.25, -0.2) is 9.37 Å². The van der Waals surface area contributed by atoms with Gasteiger partial charge in [-0.05, 0) is 67.2 Å². The van der Waals surface area contributed by atoms with E-state index in [1.54, 1.807) is 34.8 Å². The maximum Gasteiger partial charge on any atom is 0.405 e. The van der Waals surface area contributed by atoms with Crippen molar-refractivity contribution in [2.75, 3.05) is 11.9 Å². The molecule has 3 aromatic rings. The topological polar surface area (TPSA) is 123 Å². The van der Waals surface area contributed by atoms with Crippen LogP contribution >= 0.6 is 0 Å². The number of carbonyl (C=O) groups is 3. The molecule has 224 valence electrons. The minimum Gasteiger partial charge on any atom is -0.347 e. The smallest absolute Gasteiger partial charge is 0.347 e. The molecule has 1 unspecified atom stereocenters. The van der Waals surface area contributed by atoms with Crippen LogP contribution < -0.4 is 16.0 Å². The number of nitrogens with zero attached hydrogens (tertiary/aromatic N) is 4. The number of amides is 3. The summed E-state index contributed by atoms with van der Waals surface area (Å²) in [5, 5.41) is 11.5. The monoisotopic (exact) mass is 589 g/mol. The molecule has 5 rings (SSSR count). The van der Waals surface area contributed by atoms with Crippen molar-refractivity contribution in [1.82, 2.24) is 30.0 Å². The lowest BCUT2D eigenvalue weighted by molar-refractivity contribution is -0.138. The molecule has 2 fully saturated rings. The summed E-state index contributed by atoms with van der Waals surface area (Å²) in [7, 11) is 0. The lowest BCUT2D eigenvalue weighted by atomic mass is 9.88. The predicted molar refractivity (Wildman–Crippen MR) is 142 cm³/mol. The van der Waals surface area contributed by atoms with Gasteiger partial charge in [0.15, 0.2) is 0 Å². The lowest BCUT2D eigenvalue weighted by Crippen LogP contribution is -2.50. The zero-order chi connectivity index (χ0) is 29.9. The van der Waals surface area contributed by atoms with Gasteiger partial charge in [-0.15, -0.1) is 0 Å². The molecular formula is C28H31F4N7O3. The summed E-state index contributed by atoms with van der Waals surface area (Å²) in [6.45, 7) is -0.536. The maximum absolute atomic E-state index is 15.0. The molecule has 0 radical (unpaired) electrons. The molecule has 2 aliphatic carbocycles. The number of aryl methyl sites for hydroxylation is 2. The number of carbonyl (C=O) groups excluding carboxylic acids is 3. The van der Waals surface area contributed by atoms with Gasteiger partial charge in [0.2, 0.25) is 11.8 Å². The Labute approximate surface area is 238 Å². The molecule has 1 aromatic carbocycles. The highest BCUT2D eigenvalue weighted by atomic mass is 19.4. The van der Waals surface area contributed by atoms with Crippen LogP contribution in [0.4, 0.5) is 23.2 Å². The maximum atomic E-state index is 15.0. The molecule has 3 N–H and O–H groups in total. The Morgan fingerprint density at radius 1 is 1.02 bits per heavy atom. The molecule has 10 nitrogen and oxygen atoms in total. The third-order valence-electron chi connectivity index (χ3n) is 7.51. The standard InChI is InChI=1S/C28H31F4N7O3/c29-20-13-17(14-23(40)34-15-28(30,31)32)1-6-21(20)36-27(42)25(24(18-2-3-18)19-4-5-19)37-26(41)22-7-8-35-39(22)12-11-38-10-9-33-16-38/h1,6-10,13,16,18-19,24-25H,2-5,11-12,14-15H2,(H,34,40)(H,36,42)(H,37,41). The van der Waals surface area contributed by atoms with Crippen LogP contribution in [0.5, 0.6) is 0 Å². The summed E-state index contributed by atoms with van der Waals surface area (Å²) in [5.41, 5.74) is 0.278. The molecule has 0 aliphatic heterocycles. The second-order valence-electron chi connectivity index (χ2n) is 10.8. The second-order valence-corrected chi connectivity index (χ2v) is 10.8. The summed E-state index contributed by atoms with van der Waals surface area (Å²) >= 11 is 0. The Kier molecular flexibility index (Phi) is 8.59. The Bertz CT molecular complexity index is 1400. The van der Waals surface area contributed by atoms with Gasteiger partial charge < -0.3 is 20.5 Å². The zero-order valence-corrected chi connectivity index (χ0v) is 22.6. The van der Waals surface area contributed by atoms with Gasteiger partial charge in [-0.3, -0.25) is 19.1 Å². The minimum atomic E-state index is -4.56. The highest BCUT2D eigenvalue weighted by molar-refractivity contribution is 6.01.